The van der Waals surface area contributed by atoms with Crippen molar-refractivity contribution in [1.29, 1.82) is 0 Å². The number of piperidine rings is 1. The van der Waals surface area contributed by atoms with Crippen LogP contribution in [0.3, 0.4) is 0 Å². The predicted molar refractivity (Wildman–Crippen MR) is 106 cm³/mol. The summed E-state index contributed by atoms with van der Waals surface area (Å²) in [6, 6.07) is 7.97. The highest BCUT2D eigenvalue weighted by Crippen LogP contribution is 2.18. The summed E-state index contributed by atoms with van der Waals surface area (Å²) in [4.78, 5) is 31.2. The first-order chi connectivity index (χ1) is 13.1. The number of fused-ring (bicyclic) bond motifs is 1. The van der Waals surface area contributed by atoms with E-state index in [4.69, 9.17) is 4.98 Å². The Morgan fingerprint density at radius 2 is 1.89 bits per heavy atom. The molecule has 1 aliphatic heterocycles. The maximum Gasteiger partial charge on any atom is 0.242 e. The van der Waals surface area contributed by atoms with Gasteiger partial charge in [-0.1, -0.05) is 26.0 Å². The molecule has 3 rings (SSSR count). The van der Waals surface area contributed by atoms with Gasteiger partial charge in [-0.15, -0.1) is 0 Å². The third-order valence-corrected chi connectivity index (χ3v) is 5.14. The van der Waals surface area contributed by atoms with Crippen molar-refractivity contribution in [2.45, 2.75) is 52.5 Å². The lowest BCUT2D eigenvalue weighted by Gasteiger charge is -2.27. The van der Waals surface area contributed by atoms with Gasteiger partial charge in [0.05, 0.1) is 11.0 Å². The lowest BCUT2D eigenvalue weighted by molar-refractivity contribution is -0.132. The van der Waals surface area contributed by atoms with Crippen LogP contribution in [0.2, 0.25) is 0 Å². The normalized spacial score (nSPS) is 14.7. The van der Waals surface area contributed by atoms with Gasteiger partial charge in [-0.05, 0) is 37.8 Å². The Morgan fingerprint density at radius 3 is 2.63 bits per heavy atom. The fourth-order valence-electron chi connectivity index (χ4n) is 3.53. The minimum atomic E-state index is -0.00302. The molecule has 1 aromatic carbocycles. The van der Waals surface area contributed by atoms with E-state index < -0.39 is 0 Å². The Balaban J connectivity index is 1.69. The van der Waals surface area contributed by atoms with Crippen molar-refractivity contribution in [3.8, 4) is 0 Å². The monoisotopic (exact) mass is 370 g/mol. The minimum Gasteiger partial charge on any atom is -0.356 e. The number of hydrogen-bond donors (Lipinski definition) is 1. The molecule has 1 aromatic heterocycles. The molecule has 6 nitrogen and oxygen atoms in total. The SMILES string of the molecule is CC(C)C(=O)NCCCc1nc2ccccc2n1CC(=O)N1CCCCC1. The molecule has 1 aliphatic rings. The van der Waals surface area contributed by atoms with Crippen LogP contribution in [-0.4, -0.2) is 45.9 Å². The van der Waals surface area contributed by atoms with Crippen molar-refractivity contribution in [3.63, 3.8) is 0 Å². The molecule has 2 heterocycles. The van der Waals surface area contributed by atoms with Gasteiger partial charge < -0.3 is 14.8 Å². The highest BCUT2D eigenvalue weighted by molar-refractivity contribution is 5.81. The molecule has 146 valence electrons. The van der Waals surface area contributed by atoms with Crippen molar-refractivity contribution >= 4 is 22.8 Å². The average Bonchev–Trinajstić information content (AvgIpc) is 3.03. The fraction of sp³-hybridized carbons (Fsp3) is 0.571. The first-order valence-corrected chi connectivity index (χ1v) is 10.1. The molecule has 0 unspecified atom stereocenters. The molecule has 0 spiro atoms. The van der Waals surface area contributed by atoms with Crippen LogP contribution >= 0.6 is 0 Å². The second kappa shape index (κ2) is 9.02. The third-order valence-electron chi connectivity index (χ3n) is 5.14. The van der Waals surface area contributed by atoms with Gasteiger partial charge in [-0.3, -0.25) is 9.59 Å². The van der Waals surface area contributed by atoms with Gasteiger partial charge in [0.2, 0.25) is 11.8 Å². The van der Waals surface area contributed by atoms with Crippen LogP contribution in [0.4, 0.5) is 0 Å². The number of aryl methyl sites for hydroxylation is 1. The van der Waals surface area contributed by atoms with Gasteiger partial charge in [0.1, 0.15) is 12.4 Å². The number of likely N-dealkylation sites (tertiary alicyclic amines) is 1. The average molecular weight is 370 g/mol. The smallest absolute Gasteiger partial charge is 0.242 e. The summed E-state index contributed by atoms with van der Waals surface area (Å²) in [6.07, 6.45) is 4.95. The molecule has 0 bridgehead atoms. The largest absolute Gasteiger partial charge is 0.356 e. The Kier molecular flexibility index (Phi) is 6.48. The zero-order valence-corrected chi connectivity index (χ0v) is 16.4. The van der Waals surface area contributed by atoms with Gasteiger partial charge in [0.15, 0.2) is 0 Å². The topological polar surface area (TPSA) is 67.2 Å². The van der Waals surface area contributed by atoms with Gasteiger partial charge in [0, 0.05) is 32.0 Å². The van der Waals surface area contributed by atoms with E-state index in [9.17, 15) is 9.59 Å². The Morgan fingerprint density at radius 1 is 1.15 bits per heavy atom. The van der Waals surface area contributed by atoms with Crippen LogP contribution in [0.5, 0.6) is 0 Å². The number of aromatic nitrogens is 2. The third kappa shape index (κ3) is 4.87. The quantitative estimate of drug-likeness (QED) is 0.762. The van der Waals surface area contributed by atoms with Crippen LogP contribution in [0, 0.1) is 5.92 Å². The lowest BCUT2D eigenvalue weighted by atomic mass is 10.1. The molecule has 2 amide bonds. The summed E-state index contributed by atoms with van der Waals surface area (Å²) in [5.74, 6) is 1.16. The van der Waals surface area contributed by atoms with Crippen LogP contribution < -0.4 is 5.32 Å². The number of para-hydroxylation sites is 2. The molecule has 0 radical (unpaired) electrons. The summed E-state index contributed by atoms with van der Waals surface area (Å²) in [5, 5.41) is 2.95. The maximum absolute atomic E-state index is 12.8. The maximum atomic E-state index is 12.8. The zero-order chi connectivity index (χ0) is 19.2. The molecule has 6 heteroatoms. The van der Waals surface area contributed by atoms with Crippen LogP contribution in [0.15, 0.2) is 24.3 Å². The van der Waals surface area contributed by atoms with Gasteiger partial charge in [0.25, 0.3) is 0 Å². The Hall–Kier alpha value is -2.37. The van der Waals surface area contributed by atoms with Gasteiger partial charge in [-0.25, -0.2) is 4.98 Å². The van der Waals surface area contributed by atoms with E-state index in [-0.39, 0.29) is 17.7 Å². The molecule has 1 fully saturated rings. The van der Waals surface area contributed by atoms with Crippen LogP contribution in [0.25, 0.3) is 11.0 Å². The van der Waals surface area contributed by atoms with Crippen molar-refractivity contribution in [1.82, 2.24) is 19.8 Å². The van der Waals surface area contributed by atoms with Gasteiger partial charge >= 0.3 is 0 Å². The number of carbonyl (C=O) groups excluding carboxylic acids is 2. The first kappa shape index (κ1) is 19.4. The Bertz CT molecular complexity index is 791. The summed E-state index contributed by atoms with van der Waals surface area (Å²) in [5.41, 5.74) is 1.93. The summed E-state index contributed by atoms with van der Waals surface area (Å²) < 4.78 is 2.05. The number of hydrogen-bond acceptors (Lipinski definition) is 3. The van der Waals surface area contributed by atoms with E-state index in [1.165, 1.54) is 6.42 Å². The van der Waals surface area contributed by atoms with Crippen LogP contribution in [-0.2, 0) is 22.6 Å². The first-order valence-electron chi connectivity index (χ1n) is 10.1. The zero-order valence-electron chi connectivity index (χ0n) is 16.4. The fourth-order valence-corrected chi connectivity index (χ4v) is 3.53. The molecule has 0 atom stereocenters. The Labute approximate surface area is 160 Å². The molecular formula is C21H30N4O2. The molecule has 0 aliphatic carbocycles. The van der Waals surface area contributed by atoms with Crippen molar-refractivity contribution < 1.29 is 9.59 Å². The van der Waals surface area contributed by atoms with Gasteiger partial charge in [-0.2, -0.15) is 0 Å². The number of carbonyl (C=O) groups is 2. The van der Waals surface area contributed by atoms with Crippen molar-refractivity contribution in [2.24, 2.45) is 5.92 Å². The van der Waals surface area contributed by atoms with E-state index in [1.807, 2.05) is 43.0 Å². The molecule has 2 aromatic rings. The lowest BCUT2D eigenvalue weighted by Crippen LogP contribution is -2.38. The molecule has 1 saturated heterocycles. The van der Waals surface area contributed by atoms with E-state index in [2.05, 4.69) is 9.88 Å². The highest BCUT2D eigenvalue weighted by Gasteiger charge is 2.19. The predicted octanol–water partition coefficient (Wildman–Crippen LogP) is 2.75. The van der Waals surface area contributed by atoms with Crippen LogP contribution in [0.1, 0.15) is 45.4 Å². The summed E-state index contributed by atoms with van der Waals surface area (Å²) >= 11 is 0. The number of benzene rings is 1. The number of amides is 2. The molecule has 27 heavy (non-hydrogen) atoms. The van der Waals surface area contributed by atoms with E-state index in [0.717, 1.165) is 55.6 Å². The highest BCUT2D eigenvalue weighted by atomic mass is 16.2. The molecule has 0 saturated carbocycles. The number of imidazole rings is 1. The van der Waals surface area contributed by atoms with Crippen molar-refractivity contribution in [3.05, 3.63) is 30.1 Å². The number of nitrogens with zero attached hydrogens (tertiary/aromatic N) is 3. The minimum absolute atomic E-state index is 0.00302. The number of rotatable bonds is 7. The van der Waals surface area contributed by atoms with E-state index in [1.54, 1.807) is 0 Å². The summed E-state index contributed by atoms with van der Waals surface area (Å²) in [6.45, 7) is 6.47. The standard InChI is InChI=1S/C21H30N4O2/c1-16(2)21(27)22-12-8-11-19-23-17-9-4-5-10-18(17)25(19)15-20(26)24-13-6-3-7-14-24/h4-5,9-10,16H,3,6-8,11-15H2,1-2H3,(H,22,27). The van der Waals surface area contributed by atoms with Crippen molar-refractivity contribution in [2.75, 3.05) is 19.6 Å². The molecule has 1 N–H and O–H groups in total. The van der Waals surface area contributed by atoms with E-state index in [0.29, 0.717) is 13.1 Å². The van der Waals surface area contributed by atoms with E-state index >= 15 is 0 Å². The molecular weight excluding hydrogens is 340 g/mol. The number of nitrogens with one attached hydrogen (secondary N) is 1. The second-order valence-corrected chi connectivity index (χ2v) is 7.59. The second-order valence-electron chi connectivity index (χ2n) is 7.59. The summed E-state index contributed by atoms with van der Waals surface area (Å²) in [7, 11) is 0.